The average molecular weight is 308 g/mol. The second-order valence-electron chi connectivity index (χ2n) is 6.28. The van der Waals surface area contributed by atoms with E-state index in [9.17, 15) is 13.2 Å². The van der Waals surface area contributed by atoms with Crippen LogP contribution in [-0.2, 0) is 11.8 Å². The monoisotopic (exact) mass is 308 g/mol. The van der Waals surface area contributed by atoms with Gasteiger partial charge < -0.3 is 4.74 Å². The molecule has 2 rings (SSSR count). The molecule has 0 radical (unpaired) electrons. The first-order chi connectivity index (χ1) is 10.1. The first-order valence-electron chi connectivity index (χ1n) is 7.08. The van der Waals surface area contributed by atoms with E-state index in [1.807, 2.05) is 24.3 Å². The van der Waals surface area contributed by atoms with E-state index >= 15 is 0 Å². The zero-order valence-electron chi connectivity index (χ0n) is 12.9. The van der Waals surface area contributed by atoms with E-state index < -0.39 is 6.36 Å². The molecule has 118 valence electrons. The Bertz CT molecular complexity index is 622. The van der Waals surface area contributed by atoms with Crippen LogP contribution in [-0.4, -0.2) is 6.36 Å². The maximum absolute atomic E-state index is 12.4. The fraction of sp³-hybridized carbons (Fsp3) is 0.333. The molecule has 2 aromatic carbocycles. The van der Waals surface area contributed by atoms with E-state index in [1.165, 1.54) is 17.7 Å². The molecule has 22 heavy (non-hydrogen) atoms. The average Bonchev–Trinajstić information content (AvgIpc) is 2.39. The third-order valence-electron chi connectivity index (χ3n) is 3.41. The highest BCUT2D eigenvalue weighted by Crippen LogP contribution is 2.28. The third kappa shape index (κ3) is 4.52. The molecular weight excluding hydrogens is 289 g/mol. The van der Waals surface area contributed by atoms with Gasteiger partial charge in [-0.1, -0.05) is 63.2 Å². The SMILES string of the molecule is CC(C)(C)c1ccc(Cc2ccccc2OC(F)(F)F)cc1. The summed E-state index contributed by atoms with van der Waals surface area (Å²) in [4.78, 5) is 0. The van der Waals surface area contributed by atoms with Gasteiger partial charge in [0.25, 0.3) is 0 Å². The highest BCUT2D eigenvalue weighted by molar-refractivity contribution is 5.38. The topological polar surface area (TPSA) is 9.23 Å². The lowest BCUT2D eigenvalue weighted by atomic mass is 9.86. The van der Waals surface area contributed by atoms with Crippen LogP contribution in [0.4, 0.5) is 13.2 Å². The lowest BCUT2D eigenvalue weighted by Crippen LogP contribution is -2.18. The molecule has 0 heterocycles. The van der Waals surface area contributed by atoms with E-state index in [0.717, 1.165) is 5.56 Å². The van der Waals surface area contributed by atoms with E-state index in [-0.39, 0.29) is 11.2 Å². The molecule has 0 saturated heterocycles. The molecule has 0 aliphatic carbocycles. The van der Waals surface area contributed by atoms with Crippen LogP contribution in [0.1, 0.15) is 37.5 Å². The maximum atomic E-state index is 12.4. The number of rotatable bonds is 3. The van der Waals surface area contributed by atoms with Crippen molar-refractivity contribution >= 4 is 0 Å². The van der Waals surface area contributed by atoms with E-state index in [4.69, 9.17) is 0 Å². The van der Waals surface area contributed by atoms with Gasteiger partial charge in [0.2, 0.25) is 0 Å². The van der Waals surface area contributed by atoms with Crippen molar-refractivity contribution in [2.75, 3.05) is 0 Å². The molecule has 0 unspecified atom stereocenters. The van der Waals surface area contributed by atoms with Gasteiger partial charge in [0.1, 0.15) is 5.75 Å². The second kappa shape index (κ2) is 6.03. The standard InChI is InChI=1S/C18H19F3O/c1-17(2,3)15-10-8-13(9-11-15)12-14-6-4-5-7-16(14)22-18(19,20)21/h4-11H,12H2,1-3H3. The minimum atomic E-state index is -4.67. The molecule has 0 saturated carbocycles. The molecule has 0 aromatic heterocycles. The van der Waals surface area contributed by atoms with Crippen molar-refractivity contribution in [3.63, 3.8) is 0 Å². The predicted octanol–water partition coefficient (Wildman–Crippen LogP) is 5.47. The fourth-order valence-electron chi connectivity index (χ4n) is 2.22. The minimum absolute atomic E-state index is 0.0514. The smallest absolute Gasteiger partial charge is 0.405 e. The second-order valence-corrected chi connectivity index (χ2v) is 6.28. The lowest BCUT2D eigenvalue weighted by molar-refractivity contribution is -0.274. The summed E-state index contributed by atoms with van der Waals surface area (Å²) < 4.78 is 41.3. The van der Waals surface area contributed by atoms with Crippen LogP contribution in [0.2, 0.25) is 0 Å². The van der Waals surface area contributed by atoms with Crippen molar-refractivity contribution in [1.29, 1.82) is 0 Å². The number of para-hydroxylation sites is 1. The van der Waals surface area contributed by atoms with Crippen molar-refractivity contribution < 1.29 is 17.9 Å². The molecular formula is C18H19F3O. The molecule has 0 amide bonds. The van der Waals surface area contributed by atoms with Crippen LogP contribution in [0, 0.1) is 0 Å². The van der Waals surface area contributed by atoms with Gasteiger partial charge in [-0.15, -0.1) is 13.2 Å². The third-order valence-corrected chi connectivity index (χ3v) is 3.41. The molecule has 0 spiro atoms. The zero-order valence-corrected chi connectivity index (χ0v) is 12.9. The summed E-state index contributed by atoms with van der Waals surface area (Å²) in [5, 5.41) is 0. The molecule has 0 atom stereocenters. The van der Waals surface area contributed by atoms with E-state index in [1.54, 1.807) is 12.1 Å². The summed E-state index contributed by atoms with van der Waals surface area (Å²) in [6.45, 7) is 6.36. The van der Waals surface area contributed by atoms with Gasteiger partial charge in [0, 0.05) is 6.42 Å². The molecule has 0 fully saturated rings. The van der Waals surface area contributed by atoms with Crippen LogP contribution in [0.25, 0.3) is 0 Å². The van der Waals surface area contributed by atoms with Gasteiger partial charge in [0.05, 0.1) is 0 Å². The first kappa shape index (κ1) is 16.4. The lowest BCUT2D eigenvalue weighted by Gasteiger charge is -2.19. The van der Waals surface area contributed by atoms with Crippen molar-refractivity contribution in [2.45, 2.75) is 39.0 Å². The molecule has 0 N–H and O–H groups in total. The number of ether oxygens (including phenoxy) is 1. The van der Waals surface area contributed by atoms with E-state index in [0.29, 0.717) is 12.0 Å². The normalized spacial score (nSPS) is 12.3. The number of benzene rings is 2. The van der Waals surface area contributed by atoms with Crippen LogP contribution in [0.3, 0.4) is 0 Å². The quantitative estimate of drug-likeness (QED) is 0.730. The number of alkyl halides is 3. The Balaban J connectivity index is 2.21. The van der Waals surface area contributed by atoms with Gasteiger partial charge in [-0.05, 0) is 28.2 Å². The Labute approximate surface area is 128 Å². The van der Waals surface area contributed by atoms with Gasteiger partial charge in [-0.2, -0.15) is 0 Å². The molecule has 4 heteroatoms. The van der Waals surface area contributed by atoms with Crippen molar-refractivity contribution in [3.8, 4) is 5.75 Å². The van der Waals surface area contributed by atoms with Crippen molar-refractivity contribution in [2.24, 2.45) is 0 Å². The molecule has 0 bridgehead atoms. The molecule has 0 aliphatic heterocycles. The van der Waals surface area contributed by atoms with Gasteiger partial charge in [0.15, 0.2) is 0 Å². The summed E-state index contributed by atoms with van der Waals surface area (Å²) >= 11 is 0. The van der Waals surface area contributed by atoms with Crippen molar-refractivity contribution in [3.05, 3.63) is 65.2 Å². The minimum Gasteiger partial charge on any atom is -0.405 e. The Morgan fingerprint density at radius 1 is 0.864 bits per heavy atom. The number of halogens is 3. The molecule has 0 aliphatic rings. The van der Waals surface area contributed by atoms with Gasteiger partial charge in [-0.3, -0.25) is 0 Å². The predicted molar refractivity (Wildman–Crippen MR) is 81.1 cm³/mol. The summed E-state index contributed by atoms with van der Waals surface area (Å²) in [5.74, 6) is -0.144. The molecule has 1 nitrogen and oxygen atoms in total. The Kier molecular flexibility index (Phi) is 4.50. The summed E-state index contributed by atoms with van der Waals surface area (Å²) in [7, 11) is 0. The van der Waals surface area contributed by atoms with Crippen LogP contribution >= 0.6 is 0 Å². The Hall–Kier alpha value is -1.97. The van der Waals surface area contributed by atoms with E-state index in [2.05, 4.69) is 25.5 Å². The zero-order chi connectivity index (χ0) is 16.4. The Morgan fingerprint density at radius 3 is 2.00 bits per heavy atom. The highest BCUT2D eigenvalue weighted by Gasteiger charge is 2.31. The highest BCUT2D eigenvalue weighted by atomic mass is 19.4. The van der Waals surface area contributed by atoms with Crippen LogP contribution < -0.4 is 4.74 Å². The van der Waals surface area contributed by atoms with Crippen LogP contribution in [0.15, 0.2) is 48.5 Å². The Morgan fingerprint density at radius 2 is 1.45 bits per heavy atom. The molecule has 2 aromatic rings. The first-order valence-corrected chi connectivity index (χ1v) is 7.08. The largest absolute Gasteiger partial charge is 0.573 e. The summed E-state index contributed by atoms with van der Waals surface area (Å²) in [6.07, 6.45) is -4.27. The number of hydrogen-bond donors (Lipinski definition) is 0. The van der Waals surface area contributed by atoms with Crippen LogP contribution in [0.5, 0.6) is 5.75 Å². The van der Waals surface area contributed by atoms with Gasteiger partial charge >= 0.3 is 6.36 Å². The van der Waals surface area contributed by atoms with Gasteiger partial charge in [-0.25, -0.2) is 0 Å². The number of hydrogen-bond acceptors (Lipinski definition) is 1. The fourth-order valence-corrected chi connectivity index (χ4v) is 2.22. The van der Waals surface area contributed by atoms with Crippen molar-refractivity contribution in [1.82, 2.24) is 0 Å². The maximum Gasteiger partial charge on any atom is 0.573 e. The summed E-state index contributed by atoms with van der Waals surface area (Å²) in [6, 6.07) is 14.2. The summed E-state index contributed by atoms with van der Waals surface area (Å²) in [5.41, 5.74) is 2.71.